The molecule has 5 nitrogen and oxygen atoms in total. The molecule has 2 heterocycles. The van der Waals surface area contributed by atoms with Crippen molar-refractivity contribution in [2.45, 2.75) is 38.2 Å². The van der Waals surface area contributed by atoms with E-state index in [-0.39, 0.29) is 12.0 Å². The van der Waals surface area contributed by atoms with Crippen molar-refractivity contribution in [1.82, 2.24) is 9.88 Å². The third kappa shape index (κ3) is 3.33. The standard InChI is InChI=1S/C16H19N3O2/c17-9-13-5-6-18-15(7-13)21-14-10-19(11-14)16(20)8-12-3-1-2-4-12/h5-7,12,14H,1-4,8,10-11H2. The van der Waals surface area contributed by atoms with Gasteiger partial charge in [0, 0.05) is 18.7 Å². The number of hydrogen-bond acceptors (Lipinski definition) is 4. The monoisotopic (exact) mass is 285 g/mol. The van der Waals surface area contributed by atoms with Gasteiger partial charge in [0.1, 0.15) is 6.10 Å². The van der Waals surface area contributed by atoms with Gasteiger partial charge in [0.05, 0.1) is 24.7 Å². The van der Waals surface area contributed by atoms with E-state index >= 15 is 0 Å². The maximum Gasteiger partial charge on any atom is 0.223 e. The molecule has 3 rings (SSSR count). The van der Waals surface area contributed by atoms with E-state index in [1.165, 1.54) is 25.7 Å². The molecule has 1 saturated carbocycles. The number of nitrogens with zero attached hydrogens (tertiary/aromatic N) is 3. The van der Waals surface area contributed by atoms with Crippen LogP contribution in [0.4, 0.5) is 0 Å². The molecule has 0 atom stereocenters. The summed E-state index contributed by atoms with van der Waals surface area (Å²) >= 11 is 0. The molecule has 1 aliphatic carbocycles. The Kier molecular flexibility index (Phi) is 4.05. The van der Waals surface area contributed by atoms with Crippen molar-refractivity contribution in [2.24, 2.45) is 5.92 Å². The molecule has 1 amide bonds. The molecule has 0 radical (unpaired) electrons. The molecule has 0 unspecified atom stereocenters. The number of pyridine rings is 1. The Bertz CT molecular complexity index is 555. The van der Waals surface area contributed by atoms with Crippen LogP contribution in [-0.4, -0.2) is 35.0 Å². The summed E-state index contributed by atoms with van der Waals surface area (Å²) in [5.74, 6) is 1.30. The Hall–Kier alpha value is -2.09. The Morgan fingerprint density at radius 2 is 2.19 bits per heavy atom. The smallest absolute Gasteiger partial charge is 0.223 e. The van der Waals surface area contributed by atoms with Crippen molar-refractivity contribution in [3.63, 3.8) is 0 Å². The van der Waals surface area contributed by atoms with E-state index in [1.807, 2.05) is 4.90 Å². The van der Waals surface area contributed by atoms with Crippen molar-refractivity contribution in [3.05, 3.63) is 23.9 Å². The minimum atomic E-state index is -0.000953. The average Bonchev–Trinajstić information content (AvgIpc) is 2.95. The second-order valence-corrected chi connectivity index (χ2v) is 5.89. The summed E-state index contributed by atoms with van der Waals surface area (Å²) in [5, 5.41) is 8.83. The number of nitriles is 1. The first-order valence-corrected chi connectivity index (χ1v) is 7.55. The van der Waals surface area contributed by atoms with E-state index in [4.69, 9.17) is 10.00 Å². The van der Waals surface area contributed by atoms with Gasteiger partial charge in [0.15, 0.2) is 0 Å². The molecule has 1 aromatic heterocycles. The van der Waals surface area contributed by atoms with E-state index in [2.05, 4.69) is 11.1 Å². The zero-order valence-electron chi connectivity index (χ0n) is 12.0. The molecule has 1 saturated heterocycles. The molecule has 0 aromatic carbocycles. The normalized spacial score (nSPS) is 19.1. The van der Waals surface area contributed by atoms with Crippen LogP contribution in [0.15, 0.2) is 18.3 Å². The van der Waals surface area contributed by atoms with Crippen LogP contribution >= 0.6 is 0 Å². The highest BCUT2D eigenvalue weighted by Gasteiger charge is 2.33. The second kappa shape index (κ2) is 6.13. The summed E-state index contributed by atoms with van der Waals surface area (Å²) in [5.41, 5.74) is 0.536. The summed E-state index contributed by atoms with van der Waals surface area (Å²) in [4.78, 5) is 18.0. The minimum Gasteiger partial charge on any atom is -0.471 e. The van der Waals surface area contributed by atoms with Crippen LogP contribution in [0, 0.1) is 17.2 Å². The molecule has 21 heavy (non-hydrogen) atoms. The largest absolute Gasteiger partial charge is 0.471 e. The Morgan fingerprint density at radius 3 is 2.90 bits per heavy atom. The molecule has 0 bridgehead atoms. The van der Waals surface area contributed by atoms with Crippen molar-refractivity contribution in [1.29, 1.82) is 5.26 Å². The van der Waals surface area contributed by atoms with Crippen molar-refractivity contribution in [2.75, 3.05) is 13.1 Å². The number of hydrogen-bond donors (Lipinski definition) is 0. The molecular weight excluding hydrogens is 266 g/mol. The molecular formula is C16H19N3O2. The van der Waals surface area contributed by atoms with Crippen LogP contribution in [0.3, 0.4) is 0 Å². The summed E-state index contributed by atoms with van der Waals surface area (Å²) < 4.78 is 5.69. The summed E-state index contributed by atoms with van der Waals surface area (Å²) in [7, 11) is 0. The van der Waals surface area contributed by atoms with E-state index in [0.717, 1.165) is 0 Å². The van der Waals surface area contributed by atoms with Gasteiger partial charge in [-0.3, -0.25) is 4.79 Å². The molecule has 2 fully saturated rings. The van der Waals surface area contributed by atoms with Gasteiger partial charge in [-0.25, -0.2) is 4.98 Å². The van der Waals surface area contributed by atoms with Gasteiger partial charge < -0.3 is 9.64 Å². The topological polar surface area (TPSA) is 66.2 Å². The van der Waals surface area contributed by atoms with Crippen LogP contribution in [0.1, 0.15) is 37.7 Å². The summed E-state index contributed by atoms with van der Waals surface area (Å²) in [6, 6.07) is 5.33. The highest BCUT2D eigenvalue weighted by molar-refractivity contribution is 5.77. The number of carbonyl (C=O) groups is 1. The van der Waals surface area contributed by atoms with Crippen LogP contribution in [0.5, 0.6) is 5.88 Å². The van der Waals surface area contributed by atoms with Gasteiger partial charge in [-0.1, -0.05) is 12.8 Å². The van der Waals surface area contributed by atoms with Gasteiger partial charge in [-0.2, -0.15) is 5.26 Å². The number of rotatable bonds is 4. The first kappa shape index (κ1) is 13.9. The van der Waals surface area contributed by atoms with Crippen LogP contribution in [-0.2, 0) is 4.79 Å². The zero-order valence-corrected chi connectivity index (χ0v) is 12.0. The van der Waals surface area contributed by atoms with Gasteiger partial charge in [-0.05, 0) is 24.8 Å². The quantitative estimate of drug-likeness (QED) is 0.850. The molecule has 2 aliphatic rings. The van der Waals surface area contributed by atoms with E-state index in [9.17, 15) is 4.79 Å². The second-order valence-electron chi connectivity index (χ2n) is 5.89. The third-order valence-corrected chi connectivity index (χ3v) is 4.29. The average molecular weight is 285 g/mol. The highest BCUT2D eigenvalue weighted by Crippen LogP contribution is 2.29. The van der Waals surface area contributed by atoms with Crippen LogP contribution in [0.2, 0.25) is 0 Å². The van der Waals surface area contributed by atoms with Crippen LogP contribution < -0.4 is 4.74 Å². The molecule has 1 aliphatic heterocycles. The third-order valence-electron chi connectivity index (χ3n) is 4.29. The lowest BCUT2D eigenvalue weighted by Gasteiger charge is -2.39. The Labute approximate surface area is 124 Å². The predicted octanol–water partition coefficient (Wildman–Crippen LogP) is 2.12. The van der Waals surface area contributed by atoms with Gasteiger partial charge in [0.2, 0.25) is 11.8 Å². The highest BCUT2D eigenvalue weighted by atomic mass is 16.5. The fourth-order valence-corrected chi connectivity index (χ4v) is 3.02. The lowest BCUT2D eigenvalue weighted by molar-refractivity contribution is -0.141. The minimum absolute atomic E-state index is 0.000953. The SMILES string of the molecule is N#Cc1ccnc(OC2CN(C(=O)CC3CCCC3)C2)c1. The van der Waals surface area contributed by atoms with Gasteiger partial charge in [0.25, 0.3) is 0 Å². The first-order chi connectivity index (χ1) is 10.2. The molecule has 5 heteroatoms. The number of amides is 1. The maximum atomic E-state index is 12.1. The maximum absolute atomic E-state index is 12.1. The molecule has 0 spiro atoms. The predicted molar refractivity (Wildman–Crippen MR) is 76.5 cm³/mol. The lowest BCUT2D eigenvalue weighted by Crippen LogP contribution is -2.56. The molecule has 1 aromatic rings. The Balaban J connectivity index is 1.44. The van der Waals surface area contributed by atoms with E-state index in [1.54, 1.807) is 18.3 Å². The van der Waals surface area contributed by atoms with Gasteiger partial charge in [-0.15, -0.1) is 0 Å². The molecule has 0 N–H and O–H groups in total. The first-order valence-electron chi connectivity index (χ1n) is 7.55. The summed E-state index contributed by atoms with van der Waals surface area (Å²) in [6.07, 6.45) is 7.19. The number of likely N-dealkylation sites (tertiary alicyclic amines) is 1. The number of ether oxygens (including phenoxy) is 1. The lowest BCUT2D eigenvalue weighted by atomic mass is 10.0. The van der Waals surface area contributed by atoms with Crippen molar-refractivity contribution >= 4 is 5.91 Å². The Morgan fingerprint density at radius 1 is 1.43 bits per heavy atom. The summed E-state index contributed by atoms with van der Waals surface area (Å²) in [6.45, 7) is 1.26. The fraction of sp³-hybridized carbons (Fsp3) is 0.562. The molecule has 110 valence electrons. The zero-order chi connectivity index (χ0) is 14.7. The fourth-order valence-electron chi connectivity index (χ4n) is 3.02. The van der Waals surface area contributed by atoms with E-state index in [0.29, 0.717) is 36.9 Å². The van der Waals surface area contributed by atoms with Crippen LogP contribution in [0.25, 0.3) is 0 Å². The van der Waals surface area contributed by atoms with Gasteiger partial charge >= 0.3 is 0 Å². The number of aromatic nitrogens is 1. The van der Waals surface area contributed by atoms with E-state index < -0.39 is 0 Å². The number of carbonyl (C=O) groups excluding carboxylic acids is 1. The van der Waals surface area contributed by atoms with Crippen molar-refractivity contribution in [3.8, 4) is 11.9 Å². The van der Waals surface area contributed by atoms with Crippen molar-refractivity contribution < 1.29 is 9.53 Å².